The third kappa shape index (κ3) is 6.33. The average molecular weight is 485 g/mol. The lowest BCUT2D eigenvalue weighted by Crippen LogP contribution is -2.24. The molecule has 0 aliphatic carbocycles. The van der Waals surface area contributed by atoms with E-state index in [1.807, 2.05) is 18.5 Å². The summed E-state index contributed by atoms with van der Waals surface area (Å²) >= 11 is 0. The number of rotatable bonds is 2. The average Bonchev–Trinajstić information content (AvgIpc) is 3.68. The number of aromatic nitrogens is 4. The molecule has 0 fully saturated rings. The third-order valence-corrected chi connectivity index (χ3v) is 6.61. The SMILES string of the molecule is CCN1Cc2ccc([nH]2)C=NCc2ccc([nH]2)C=NCc2ccc([nH]2)CN(CC)Cc2ccc([nH]2)C1. The Morgan fingerprint density at radius 2 is 0.889 bits per heavy atom. The molecule has 8 nitrogen and oxygen atoms in total. The van der Waals surface area contributed by atoms with Gasteiger partial charge in [-0.15, -0.1) is 0 Å². The van der Waals surface area contributed by atoms with E-state index in [-0.39, 0.29) is 0 Å². The second kappa shape index (κ2) is 11.4. The van der Waals surface area contributed by atoms with E-state index in [1.54, 1.807) is 0 Å². The Hall–Kier alpha value is -3.62. The first-order valence-corrected chi connectivity index (χ1v) is 12.8. The smallest absolute Gasteiger partial charge is 0.0790 e. The molecule has 5 heterocycles. The second-order valence-corrected chi connectivity index (χ2v) is 9.44. The summed E-state index contributed by atoms with van der Waals surface area (Å²) in [5.74, 6) is 0. The van der Waals surface area contributed by atoms with Gasteiger partial charge in [-0.1, -0.05) is 13.8 Å². The van der Waals surface area contributed by atoms with Gasteiger partial charge >= 0.3 is 0 Å². The van der Waals surface area contributed by atoms with Crippen LogP contribution in [-0.4, -0.2) is 55.3 Å². The minimum absolute atomic E-state index is 0.604. The van der Waals surface area contributed by atoms with E-state index in [2.05, 4.69) is 96.0 Å². The number of hydrogen-bond donors (Lipinski definition) is 4. The van der Waals surface area contributed by atoms with Crippen molar-refractivity contribution in [2.45, 2.75) is 53.1 Å². The van der Waals surface area contributed by atoms with E-state index in [0.717, 1.165) is 62.0 Å². The van der Waals surface area contributed by atoms with Gasteiger partial charge in [0.05, 0.1) is 24.5 Å². The van der Waals surface area contributed by atoms with Crippen LogP contribution in [0.3, 0.4) is 0 Å². The zero-order valence-electron chi connectivity index (χ0n) is 21.2. The van der Waals surface area contributed by atoms with Crippen LogP contribution in [0.2, 0.25) is 0 Å². The monoisotopic (exact) mass is 484 g/mol. The van der Waals surface area contributed by atoms with E-state index >= 15 is 0 Å². The molecule has 36 heavy (non-hydrogen) atoms. The summed E-state index contributed by atoms with van der Waals surface area (Å²) in [4.78, 5) is 28.2. The van der Waals surface area contributed by atoms with Crippen molar-refractivity contribution in [2.75, 3.05) is 13.1 Å². The maximum atomic E-state index is 4.61. The number of nitrogens with one attached hydrogen (secondary N) is 4. The van der Waals surface area contributed by atoms with Crippen molar-refractivity contribution in [3.63, 3.8) is 0 Å². The highest BCUT2D eigenvalue weighted by atomic mass is 15.1. The van der Waals surface area contributed by atoms with Gasteiger partial charge in [-0.2, -0.15) is 0 Å². The molecule has 1 aliphatic heterocycles. The summed E-state index contributed by atoms with van der Waals surface area (Å²) in [7, 11) is 0. The van der Waals surface area contributed by atoms with Gasteiger partial charge in [0.15, 0.2) is 0 Å². The minimum Gasteiger partial charge on any atom is -0.360 e. The number of aromatic amines is 4. The van der Waals surface area contributed by atoms with Crippen molar-refractivity contribution in [2.24, 2.45) is 9.98 Å². The lowest BCUT2D eigenvalue weighted by molar-refractivity contribution is 0.260. The molecule has 0 saturated heterocycles. The zero-order valence-corrected chi connectivity index (χ0v) is 21.2. The van der Waals surface area contributed by atoms with Crippen molar-refractivity contribution < 1.29 is 0 Å². The summed E-state index contributed by atoms with van der Waals surface area (Å²) in [5.41, 5.74) is 9.11. The van der Waals surface area contributed by atoms with Crippen LogP contribution >= 0.6 is 0 Å². The molecule has 8 heteroatoms. The van der Waals surface area contributed by atoms with Gasteiger partial charge in [0.1, 0.15) is 0 Å². The molecule has 0 atom stereocenters. The Labute approximate surface area is 212 Å². The molecule has 4 aromatic heterocycles. The summed E-state index contributed by atoms with van der Waals surface area (Å²) < 4.78 is 0. The lowest BCUT2D eigenvalue weighted by atomic mass is 10.3. The number of nitrogens with zero attached hydrogens (tertiary/aromatic N) is 4. The quantitative estimate of drug-likeness (QED) is 0.335. The molecule has 1 aliphatic rings. The van der Waals surface area contributed by atoms with E-state index in [4.69, 9.17) is 0 Å². The highest BCUT2D eigenvalue weighted by molar-refractivity contribution is 5.78. The van der Waals surface area contributed by atoms with E-state index in [9.17, 15) is 0 Å². The van der Waals surface area contributed by atoms with Crippen LogP contribution in [0.25, 0.3) is 0 Å². The normalized spacial score (nSPS) is 16.3. The molecule has 8 bridgehead atoms. The summed E-state index contributed by atoms with van der Waals surface area (Å²) in [6.45, 7) is 11.1. The van der Waals surface area contributed by atoms with Crippen molar-refractivity contribution >= 4 is 12.4 Å². The first-order valence-electron chi connectivity index (χ1n) is 12.8. The van der Waals surface area contributed by atoms with E-state index in [0.29, 0.717) is 13.1 Å². The summed E-state index contributed by atoms with van der Waals surface area (Å²) in [5, 5.41) is 0. The fourth-order valence-electron chi connectivity index (χ4n) is 4.61. The first kappa shape index (κ1) is 24.1. The lowest BCUT2D eigenvalue weighted by Gasteiger charge is -2.20. The topological polar surface area (TPSA) is 94.4 Å². The summed E-state index contributed by atoms with van der Waals surface area (Å²) in [6, 6.07) is 17.1. The highest BCUT2D eigenvalue weighted by Gasteiger charge is 2.11. The van der Waals surface area contributed by atoms with Crippen LogP contribution in [0.5, 0.6) is 0 Å². The minimum atomic E-state index is 0.604. The molecule has 0 unspecified atom stereocenters. The fourth-order valence-corrected chi connectivity index (χ4v) is 4.61. The van der Waals surface area contributed by atoms with Gasteiger partial charge in [-0.05, 0) is 61.6 Å². The molecule has 5 rings (SSSR count). The van der Waals surface area contributed by atoms with Crippen molar-refractivity contribution in [3.05, 3.63) is 94.1 Å². The Bertz CT molecular complexity index is 1300. The molecule has 188 valence electrons. The van der Waals surface area contributed by atoms with Crippen LogP contribution in [0, 0.1) is 0 Å². The predicted octanol–water partition coefficient (Wildman–Crippen LogP) is 4.59. The van der Waals surface area contributed by atoms with Crippen LogP contribution in [-0.2, 0) is 39.3 Å². The Kier molecular flexibility index (Phi) is 7.64. The van der Waals surface area contributed by atoms with Crippen LogP contribution < -0.4 is 0 Å². The second-order valence-electron chi connectivity index (χ2n) is 9.44. The molecule has 0 aromatic carbocycles. The maximum absolute atomic E-state index is 4.61. The van der Waals surface area contributed by atoms with Gasteiger partial charge in [0.2, 0.25) is 0 Å². The van der Waals surface area contributed by atoms with E-state index in [1.165, 1.54) is 22.8 Å². The molecule has 0 saturated carbocycles. The van der Waals surface area contributed by atoms with Crippen molar-refractivity contribution in [3.8, 4) is 0 Å². The van der Waals surface area contributed by atoms with E-state index < -0.39 is 0 Å². The molecule has 0 amide bonds. The molecule has 4 aromatic rings. The molecule has 0 spiro atoms. The predicted molar refractivity (Wildman–Crippen MR) is 145 cm³/mol. The Morgan fingerprint density at radius 3 is 1.42 bits per heavy atom. The number of hydrogen-bond acceptors (Lipinski definition) is 4. The van der Waals surface area contributed by atoms with Crippen LogP contribution in [0.4, 0.5) is 0 Å². The molecular weight excluding hydrogens is 448 g/mol. The van der Waals surface area contributed by atoms with Gasteiger partial charge in [0, 0.05) is 72.8 Å². The van der Waals surface area contributed by atoms with Gasteiger partial charge < -0.3 is 19.9 Å². The largest absolute Gasteiger partial charge is 0.360 e. The summed E-state index contributed by atoms with van der Waals surface area (Å²) in [6.07, 6.45) is 3.80. The first-order chi connectivity index (χ1) is 17.7. The molecular formula is C28H36N8. The zero-order chi connectivity index (χ0) is 24.7. The molecule has 4 N–H and O–H groups in total. The van der Waals surface area contributed by atoms with Crippen LogP contribution in [0.1, 0.15) is 59.4 Å². The van der Waals surface area contributed by atoms with Crippen molar-refractivity contribution in [1.82, 2.24) is 29.7 Å². The standard InChI is InChI=1S/C28H36N8/c1-3-35-17-25-9-7-23(32-25)15-29-13-21-5-6-22(31-21)14-30-16-24-8-10-26(33-24)18-36(4-2)20-28-12-11-27(19-35)34-28/h5-13,16,31-34H,3-4,14-15,17-20H2,1-2H3. The number of H-pyrrole nitrogens is 4. The fraction of sp³-hybridized carbons (Fsp3) is 0.357. The number of fused-ring (bicyclic) bond motifs is 8. The maximum Gasteiger partial charge on any atom is 0.0790 e. The van der Waals surface area contributed by atoms with Crippen LogP contribution in [0.15, 0.2) is 58.5 Å². The Morgan fingerprint density at radius 1 is 0.528 bits per heavy atom. The highest BCUT2D eigenvalue weighted by Crippen LogP contribution is 2.14. The number of aliphatic imine (C=N–C) groups is 2. The van der Waals surface area contributed by atoms with Gasteiger partial charge in [-0.25, -0.2) is 0 Å². The molecule has 0 radical (unpaired) electrons. The van der Waals surface area contributed by atoms with Gasteiger partial charge in [-0.3, -0.25) is 19.8 Å². The van der Waals surface area contributed by atoms with Crippen molar-refractivity contribution in [1.29, 1.82) is 0 Å². The Balaban J connectivity index is 1.36. The van der Waals surface area contributed by atoms with Gasteiger partial charge in [0.25, 0.3) is 0 Å². The third-order valence-electron chi connectivity index (χ3n) is 6.61.